The lowest BCUT2D eigenvalue weighted by molar-refractivity contribution is -0.0946. The number of halogens is 7. The number of rotatable bonds is 24. The van der Waals surface area contributed by atoms with Crippen LogP contribution in [0.3, 0.4) is 0 Å². The Balaban J connectivity index is -0.000000217. The SMILES string of the molecule is CC(C)(C)C.CC(C)C(C(C)C)C(C)(F)C(C(C)C)C(C)C.CC(C)C(C)(F)C(C)C.CC1(C)CCC(C)(F)CC1.CC1(F)CCCCC1.CCC(C)(CC)C(C)(F)C(C)(CC)CC.CCC(CC)C(C)(F)C(CC)CC.CCCC(C)(F)CCC. The van der Waals surface area contributed by atoms with Crippen LogP contribution in [0.2, 0.25) is 0 Å². The first kappa shape index (κ1) is 96.6. The van der Waals surface area contributed by atoms with Gasteiger partial charge in [-0.3, -0.25) is 0 Å². The Labute approximate surface area is 539 Å². The minimum Gasteiger partial charge on any atom is -0.244 e. The fraction of sp³-hybridized carbons (Fsp3) is 1.00. The van der Waals surface area contributed by atoms with Gasteiger partial charge in [0.05, 0.1) is 0 Å². The van der Waals surface area contributed by atoms with Crippen molar-refractivity contribution in [2.24, 2.45) is 80.8 Å². The molecule has 528 valence electrons. The molecule has 2 fully saturated rings. The van der Waals surface area contributed by atoms with E-state index < -0.39 is 39.7 Å². The highest BCUT2D eigenvalue weighted by Crippen LogP contribution is 2.54. The van der Waals surface area contributed by atoms with Crippen LogP contribution in [0, 0.1) is 80.8 Å². The Bertz CT molecular complexity index is 1440. The molecule has 2 aliphatic carbocycles. The molecule has 86 heavy (non-hydrogen) atoms. The monoisotopic (exact) mass is 1250 g/mol. The van der Waals surface area contributed by atoms with Crippen LogP contribution in [0.1, 0.15) is 391 Å². The van der Waals surface area contributed by atoms with Crippen molar-refractivity contribution in [3.8, 4) is 0 Å². The zero-order valence-electron chi connectivity index (χ0n) is 65.8. The van der Waals surface area contributed by atoms with Crippen LogP contribution < -0.4 is 0 Å². The zero-order valence-corrected chi connectivity index (χ0v) is 65.8. The second kappa shape index (κ2) is 43.4. The molecule has 2 aliphatic rings. The van der Waals surface area contributed by atoms with Gasteiger partial charge in [-0.05, 0) is 196 Å². The fourth-order valence-electron chi connectivity index (χ4n) is 14.0. The van der Waals surface area contributed by atoms with Gasteiger partial charge in [-0.1, -0.05) is 265 Å². The zero-order chi connectivity index (χ0) is 70.1. The molecule has 0 atom stereocenters. The maximum Gasteiger partial charge on any atom is 0.118 e. The summed E-state index contributed by atoms with van der Waals surface area (Å²) in [6.07, 6.45) is 19.4. The first-order chi connectivity index (χ1) is 38.4. The minimum absolute atomic E-state index is 0.123. The van der Waals surface area contributed by atoms with Gasteiger partial charge in [-0.25, -0.2) is 30.7 Å². The van der Waals surface area contributed by atoms with E-state index in [9.17, 15) is 22.0 Å². The standard InChI is InChI=1S/C16H33F.C14H29F.C12H25F.C9H17F.2C8H17F.C7H13F.C5H12/c1-10(2)14(11(3)4)16(9,17)15(12(5)6)13(7)8;1-8-12(5,9-2)14(7,15)13(6,10-3)11-4;1-6-10(7-2)12(5,13)11(8-3)9-4;1-8(2)4-6-9(3,10)7-5-8;1-6(2)8(5,9)7(3)4;1-4-6-8(3,9)7-5-2;1-7(8)5-3-2-4-6-7;1-5(2,3)4/h10-15H,1-9H3;8-11H2,1-7H3;10-11H,6-9H2,1-5H3;4-7H2,1-3H3;6-7H,1-5H3;4-7H2,1-3H3;2-6H2,1H3;1-4H3. The van der Waals surface area contributed by atoms with Crippen molar-refractivity contribution < 1.29 is 30.7 Å². The van der Waals surface area contributed by atoms with Gasteiger partial charge in [-0.15, -0.1) is 0 Å². The summed E-state index contributed by atoms with van der Waals surface area (Å²) in [4.78, 5) is 0. The maximum absolute atomic E-state index is 15.4. The van der Waals surface area contributed by atoms with E-state index in [2.05, 4.69) is 166 Å². The summed E-state index contributed by atoms with van der Waals surface area (Å²) < 4.78 is 97.5. The summed E-state index contributed by atoms with van der Waals surface area (Å²) >= 11 is 0. The van der Waals surface area contributed by atoms with Gasteiger partial charge in [0.1, 0.15) is 39.7 Å². The molecular formula is C79H163F7. The van der Waals surface area contributed by atoms with E-state index in [1.807, 2.05) is 55.4 Å². The van der Waals surface area contributed by atoms with Gasteiger partial charge in [0.2, 0.25) is 0 Å². The molecule has 2 rings (SSSR count). The van der Waals surface area contributed by atoms with Crippen molar-refractivity contribution in [2.45, 2.75) is 431 Å². The molecule has 0 nitrogen and oxygen atoms in total. The molecular weight excluding hydrogens is 1080 g/mol. The second-order valence-electron chi connectivity index (χ2n) is 33.8. The van der Waals surface area contributed by atoms with Crippen LogP contribution in [0.15, 0.2) is 0 Å². The van der Waals surface area contributed by atoms with Gasteiger partial charge in [0.15, 0.2) is 0 Å². The molecule has 0 saturated heterocycles. The summed E-state index contributed by atoms with van der Waals surface area (Å²) in [5.41, 5.74) is -6.23. The molecule has 0 spiro atoms. The third-order valence-electron chi connectivity index (χ3n) is 21.5. The highest BCUT2D eigenvalue weighted by molar-refractivity contribution is 5.02. The molecule has 0 amide bonds. The lowest BCUT2D eigenvalue weighted by Gasteiger charge is -2.51. The van der Waals surface area contributed by atoms with Gasteiger partial charge >= 0.3 is 0 Å². The summed E-state index contributed by atoms with van der Waals surface area (Å²) in [7, 11) is 0. The summed E-state index contributed by atoms with van der Waals surface area (Å²) in [5.74, 6) is 2.56. The molecule has 0 radical (unpaired) electrons. The van der Waals surface area contributed by atoms with Crippen molar-refractivity contribution in [1.29, 1.82) is 0 Å². The number of alkyl halides is 7. The van der Waals surface area contributed by atoms with E-state index in [0.717, 1.165) is 116 Å². The third-order valence-corrected chi connectivity index (χ3v) is 21.5. The van der Waals surface area contributed by atoms with Crippen molar-refractivity contribution in [3.63, 3.8) is 0 Å². The third kappa shape index (κ3) is 38.5. The lowest BCUT2D eigenvalue weighted by atomic mass is 9.57. The summed E-state index contributed by atoms with van der Waals surface area (Å²) in [6, 6.07) is 0. The van der Waals surface area contributed by atoms with E-state index in [1.54, 1.807) is 34.6 Å². The van der Waals surface area contributed by atoms with Crippen molar-refractivity contribution in [3.05, 3.63) is 0 Å². The first-order valence-electron chi connectivity index (χ1n) is 36.3. The van der Waals surface area contributed by atoms with Crippen LogP contribution in [-0.2, 0) is 0 Å². The first-order valence-corrected chi connectivity index (χ1v) is 36.3. The normalized spacial score (nSPS) is 16.7. The van der Waals surface area contributed by atoms with E-state index in [4.69, 9.17) is 0 Å². The van der Waals surface area contributed by atoms with Gasteiger partial charge in [-0.2, -0.15) is 0 Å². The van der Waals surface area contributed by atoms with Crippen LogP contribution in [-0.4, -0.2) is 39.7 Å². The van der Waals surface area contributed by atoms with Crippen LogP contribution >= 0.6 is 0 Å². The summed E-state index contributed by atoms with van der Waals surface area (Å²) in [6.45, 7) is 75.3. The van der Waals surface area contributed by atoms with Crippen LogP contribution in [0.5, 0.6) is 0 Å². The van der Waals surface area contributed by atoms with E-state index in [1.165, 1.54) is 6.42 Å². The van der Waals surface area contributed by atoms with Crippen LogP contribution in [0.25, 0.3) is 0 Å². The minimum atomic E-state index is -1.09. The molecule has 2 saturated carbocycles. The Morgan fingerprint density at radius 1 is 0.349 bits per heavy atom. The molecule has 0 aliphatic heterocycles. The van der Waals surface area contributed by atoms with E-state index >= 15 is 8.78 Å². The highest BCUT2D eigenvalue weighted by Gasteiger charge is 2.53. The largest absolute Gasteiger partial charge is 0.244 e. The Kier molecular flexibility index (Phi) is 48.8. The molecule has 0 aromatic heterocycles. The van der Waals surface area contributed by atoms with Crippen molar-refractivity contribution >= 4 is 0 Å². The highest BCUT2D eigenvalue weighted by atomic mass is 19.2. The number of hydrogen-bond acceptors (Lipinski definition) is 0. The molecule has 0 N–H and O–H groups in total. The molecule has 0 bridgehead atoms. The van der Waals surface area contributed by atoms with Crippen molar-refractivity contribution in [1.82, 2.24) is 0 Å². The summed E-state index contributed by atoms with van der Waals surface area (Å²) in [5, 5.41) is 0. The predicted octanol–water partition coefficient (Wildman–Crippen LogP) is 29.9. The number of hydrogen-bond donors (Lipinski definition) is 0. The quantitative estimate of drug-likeness (QED) is 0.0845. The van der Waals surface area contributed by atoms with Gasteiger partial charge in [0.25, 0.3) is 0 Å². The van der Waals surface area contributed by atoms with Crippen molar-refractivity contribution in [2.75, 3.05) is 0 Å². The van der Waals surface area contributed by atoms with E-state index in [-0.39, 0.29) is 46.3 Å². The molecule has 0 unspecified atom stereocenters. The second-order valence-corrected chi connectivity index (χ2v) is 33.8. The predicted molar refractivity (Wildman–Crippen MR) is 378 cm³/mol. The average Bonchev–Trinajstić information content (AvgIpc) is 3.34. The molecule has 0 heterocycles. The average molecular weight is 1250 g/mol. The lowest BCUT2D eigenvalue weighted by Crippen LogP contribution is -2.51. The molecule has 7 heteroatoms. The van der Waals surface area contributed by atoms with E-state index in [0.29, 0.717) is 47.3 Å². The molecule has 0 aromatic rings. The van der Waals surface area contributed by atoms with Crippen LogP contribution in [0.4, 0.5) is 30.7 Å². The maximum atomic E-state index is 15.4. The Morgan fingerprint density at radius 2 is 0.593 bits per heavy atom. The van der Waals surface area contributed by atoms with Gasteiger partial charge < -0.3 is 0 Å². The Morgan fingerprint density at radius 3 is 0.744 bits per heavy atom. The van der Waals surface area contributed by atoms with Gasteiger partial charge in [0, 0.05) is 10.8 Å². The smallest absolute Gasteiger partial charge is 0.118 e. The Hall–Kier alpha value is -0.490. The topological polar surface area (TPSA) is 0 Å². The molecule has 0 aromatic carbocycles. The fourth-order valence-corrected chi connectivity index (χ4v) is 14.0.